The normalized spacial score (nSPS) is 20.2. The van der Waals surface area contributed by atoms with Crippen molar-refractivity contribution in [3.8, 4) is 11.1 Å². The molecule has 2 fully saturated rings. The van der Waals surface area contributed by atoms with Gasteiger partial charge >= 0.3 is 0 Å². The smallest absolute Gasteiger partial charge is 0.118 e. The van der Waals surface area contributed by atoms with E-state index in [1.807, 2.05) is 0 Å². The van der Waals surface area contributed by atoms with Crippen LogP contribution >= 0.6 is 0 Å². The lowest BCUT2D eigenvalue weighted by atomic mass is 9.95. The fourth-order valence-electron chi connectivity index (χ4n) is 5.14. The number of nitrogens with zero attached hydrogens (tertiary/aromatic N) is 2. The van der Waals surface area contributed by atoms with E-state index >= 15 is 0 Å². The highest BCUT2D eigenvalue weighted by molar-refractivity contribution is 5.70. The molecule has 2 aliphatic heterocycles. The Hall–Kier alpha value is -2.33. The summed E-state index contributed by atoms with van der Waals surface area (Å²) in [6, 6.07) is 17.5. The zero-order valence-electron chi connectivity index (χ0n) is 20.6. The van der Waals surface area contributed by atoms with Crippen molar-refractivity contribution < 1.29 is 4.39 Å². The molecule has 0 aromatic heterocycles. The molecule has 1 unspecified atom stereocenters. The van der Waals surface area contributed by atoms with Gasteiger partial charge in [0.05, 0.1) is 0 Å². The number of nitrogens with one attached hydrogen (secondary N) is 1. The molecule has 33 heavy (non-hydrogen) atoms. The monoisotopic (exact) mass is 449 g/mol. The zero-order valence-corrected chi connectivity index (χ0v) is 20.6. The Morgan fingerprint density at radius 2 is 1.58 bits per heavy atom. The van der Waals surface area contributed by atoms with Gasteiger partial charge < -0.3 is 15.1 Å². The first-order valence-corrected chi connectivity index (χ1v) is 12.6. The van der Waals surface area contributed by atoms with Crippen LogP contribution in [-0.2, 0) is 0 Å². The van der Waals surface area contributed by atoms with Gasteiger partial charge in [-0.15, -0.1) is 0 Å². The third-order valence-electron chi connectivity index (χ3n) is 7.14. The highest BCUT2D eigenvalue weighted by Gasteiger charge is 2.25. The zero-order chi connectivity index (χ0) is 23.4. The third-order valence-corrected chi connectivity index (χ3v) is 7.14. The van der Waals surface area contributed by atoms with E-state index in [0.29, 0.717) is 12.5 Å². The second kappa shape index (κ2) is 10.3. The lowest BCUT2D eigenvalue weighted by molar-refractivity contribution is 0.0977. The number of benzene rings is 2. The van der Waals surface area contributed by atoms with Gasteiger partial charge in [0.1, 0.15) is 5.67 Å². The maximum absolute atomic E-state index is 13.9. The Morgan fingerprint density at radius 1 is 0.970 bits per heavy atom. The summed E-state index contributed by atoms with van der Waals surface area (Å²) in [4.78, 5) is 4.67. The van der Waals surface area contributed by atoms with Crippen LogP contribution in [-0.4, -0.2) is 54.7 Å². The number of halogens is 1. The van der Waals surface area contributed by atoms with Crippen LogP contribution < -0.4 is 5.32 Å². The van der Waals surface area contributed by atoms with Crippen LogP contribution in [0.4, 0.5) is 10.1 Å². The molecule has 3 nitrogen and oxygen atoms in total. The summed E-state index contributed by atoms with van der Waals surface area (Å²) in [5, 5.41) is 3.61. The highest BCUT2D eigenvalue weighted by atomic mass is 19.1. The molecule has 0 aliphatic carbocycles. The minimum Gasteiger partial charge on any atom is -0.385 e. The van der Waals surface area contributed by atoms with Crippen LogP contribution in [0, 0.1) is 11.8 Å². The average molecular weight is 450 g/mol. The van der Waals surface area contributed by atoms with E-state index in [0.717, 1.165) is 57.2 Å². The minimum absolute atomic E-state index is 0.543. The molecule has 0 saturated carbocycles. The number of piperidine rings is 1. The number of likely N-dealkylation sites (tertiary alicyclic amines) is 2. The molecule has 2 heterocycles. The lowest BCUT2D eigenvalue weighted by Crippen LogP contribution is -2.42. The molecule has 178 valence electrons. The van der Waals surface area contributed by atoms with Crippen LogP contribution in [0.25, 0.3) is 16.8 Å². The van der Waals surface area contributed by atoms with E-state index in [1.165, 1.54) is 28.8 Å². The second-order valence-corrected chi connectivity index (χ2v) is 10.8. The quantitative estimate of drug-likeness (QED) is 0.494. The first kappa shape index (κ1) is 23.8. The van der Waals surface area contributed by atoms with E-state index in [-0.39, 0.29) is 0 Å². The predicted octanol–water partition coefficient (Wildman–Crippen LogP) is 6.54. The van der Waals surface area contributed by atoms with Crippen molar-refractivity contribution in [2.24, 2.45) is 11.8 Å². The largest absolute Gasteiger partial charge is 0.385 e. The van der Waals surface area contributed by atoms with Gasteiger partial charge in [-0.2, -0.15) is 0 Å². The molecule has 0 amide bonds. The number of anilines is 1. The number of alkyl halides is 1. The van der Waals surface area contributed by atoms with E-state index in [9.17, 15) is 4.39 Å². The first-order chi connectivity index (χ1) is 15.8. The van der Waals surface area contributed by atoms with Crippen molar-refractivity contribution in [2.75, 3.05) is 44.6 Å². The Kier molecular flexibility index (Phi) is 7.43. The SMILES string of the molecule is C=C(c1ccc(-c2ccc(NCC3CCN(CC(C)(C)F)CC3)cc2)cc1)N1CCC(C)C1. The van der Waals surface area contributed by atoms with Crippen molar-refractivity contribution >= 4 is 11.4 Å². The Labute approximate surface area is 199 Å². The third kappa shape index (κ3) is 6.60. The lowest BCUT2D eigenvalue weighted by Gasteiger charge is -2.34. The van der Waals surface area contributed by atoms with Crippen molar-refractivity contribution in [1.82, 2.24) is 9.80 Å². The summed E-state index contributed by atoms with van der Waals surface area (Å²) >= 11 is 0. The van der Waals surface area contributed by atoms with Gasteiger partial charge in [-0.3, -0.25) is 0 Å². The molecular formula is C29H40FN3. The van der Waals surface area contributed by atoms with Gasteiger partial charge in [-0.25, -0.2) is 4.39 Å². The Morgan fingerprint density at radius 3 is 2.12 bits per heavy atom. The van der Waals surface area contributed by atoms with Crippen LogP contribution in [0.15, 0.2) is 55.1 Å². The molecule has 2 aliphatic rings. The van der Waals surface area contributed by atoms with Crippen LogP contribution in [0.5, 0.6) is 0 Å². The molecule has 0 bridgehead atoms. The first-order valence-electron chi connectivity index (χ1n) is 12.6. The molecule has 2 aromatic rings. The summed E-state index contributed by atoms with van der Waals surface area (Å²) in [6.07, 6.45) is 3.53. The summed E-state index contributed by atoms with van der Waals surface area (Å²) in [5.74, 6) is 1.41. The minimum atomic E-state index is -1.10. The molecule has 1 N–H and O–H groups in total. The summed E-state index contributed by atoms with van der Waals surface area (Å²) in [6.45, 7) is 15.7. The average Bonchev–Trinajstić information content (AvgIpc) is 3.24. The van der Waals surface area contributed by atoms with Crippen molar-refractivity contribution in [1.29, 1.82) is 0 Å². The Balaban J connectivity index is 1.26. The molecule has 0 spiro atoms. The van der Waals surface area contributed by atoms with E-state index in [1.54, 1.807) is 13.8 Å². The number of hydrogen-bond acceptors (Lipinski definition) is 3. The summed E-state index contributed by atoms with van der Waals surface area (Å²) in [5.41, 5.74) is 4.88. The van der Waals surface area contributed by atoms with Crippen molar-refractivity contribution in [3.63, 3.8) is 0 Å². The van der Waals surface area contributed by atoms with Gasteiger partial charge in [0.15, 0.2) is 0 Å². The van der Waals surface area contributed by atoms with E-state index in [2.05, 4.69) is 77.2 Å². The van der Waals surface area contributed by atoms with Gasteiger partial charge in [0.2, 0.25) is 0 Å². The van der Waals surface area contributed by atoms with Crippen molar-refractivity contribution in [2.45, 2.75) is 45.7 Å². The second-order valence-electron chi connectivity index (χ2n) is 10.8. The van der Waals surface area contributed by atoms with E-state index in [4.69, 9.17) is 0 Å². The molecule has 4 heteroatoms. The summed E-state index contributed by atoms with van der Waals surface area (Å²) < 4.78 is 13.9. The molecular weight excluding hydrogens is 409 g/mol. The molecule has 2 aromatic carbocycles. The topological polar surface area (TPSA) is 18.5 Å². The maximum Gasteiger partial charge on any atom is 0.118 e. The van der Waals surface area contributed by atoms with Crippen molar-refractivity contribution in [3.05, 3.63) is 60.7 Å². The molecule has 2 saturated heterocycles. The van der Waals surface area contributed by atoms with Gasteiger partial charge in [-0.05, 0) is 86.9 Å². The Bertz CT molecular complexity index is 905. The molecule has 0 radical (unpaired) electrons. The fourth-order valence-corrected chi connectivity index (χ4v) is 5.14. The van der Waals surface area contributed by atoms with Crippen LogP contribution in [0.3, 0.4) is 0 Å². The van der Waals surface area contributed by atoms with Gasteiger partial charge in [0, 0.05) is 37.6 Å². The van der Waals surface area contributed by atoms with Gasteiger partial charge in [-0.1, -0.05) is 49.9 Å². The number of rotatable bonds is 8. The van der Waals surface area contributed by atoms with Crippen LogP contribution in [0.1, 0.15) is 45.6 Å². The molecule has 4 rings (SSSR count). The standard InChI is InChI=1S/C29H40FN3/c1-22-13-18-33(20-22)23(2)25-5-7-26(8-6-25)27-9-11-28(12-10-27)31-19-24-14-16-32(17-15-24)21-29(3,4)30/h5-12,22,24,31H,2,13-21H2,1,3-4H3. The van der Waals surface area contributed by atoms with E-state index < -0.39 is 5.67 Å². The maximum atomic E-state index is 13.9. The highest BCUT2D eigenvalue weighted by Crippen LogP contribution is 2.28. The summed E-state index contributed by atoms with van der Waals surface area (Å²) in [7, 11) is 0. The van der Waals surface area contributed by atoms with Crippen LogP contribution in [0.2, 0.25) is 0 Å². The molecule has 1 atom stereocenters. The predicted molar refractivity (Wildman–Crippen MR) is 139 cm³/mol. The number of hydrogen-bond donors (Lipinski definition) is 1. The van der Waals surface area contributed by atoms with Gasteiger partial charge in [0.25, 0.3) is 0 Å². The fraction of sp³-hybridized carbons (Fsp3) is 0.517.